The molecule has 0 spiro atoms. The van der Waals surface area contributed by atoms with Gasteiger partial charge >= 0.3 is 0 Å². The average molecular weight is 515 g/mol. The van der Waals surface area contributed by atoms with Gasteiger partial charge in [-0.25, -0.2) is 8.42 Å². The lowest BCUT2D eigenvalue weighted by Gasteiger charge is -2.28. The van der Waals surface area contributed by atoms with Crippen LogP contribution in [0.3, 0.4) is 0 Å². The summed E-state index contributed by atoms with van der Waals surface area (Å²) in [5.74, 6) is 0.982. The number of rotatable bonds is 6. The minimum atomic E-state index is -4.01. The van der Waals surface area contributed by atoms with Crippen molar-refractivity contribution in [3.8, 4) is 11.6 Å². The summed E-state index contributed by atoms with van der Waals surface area (Å²) in [6, 6.07) is 12.0. The van der Waals surface area contributed by atoms with Crippen molar-refractivity contribution < 1.29 is 22.7 Å². The Kier molecular flexibility index (Phi) is 5.94. The lowest BCUT2D eigenvalue weighted by atomic mass is 10.1. The van der Waals surface area contributed by atoms with Crippen molar-refractivity contribution >= 4 is 44.7 Å². The first-order valence-electron chi connectivity index (χ1n) is 10.9. The third-order valence-corrected chi connectivity index (χ3v) is 7.84. The van der Waals surface area contributed by atoms with Crippen LogP contribution in [-0.2, 0) is 27.8 Å². The van der Waals surface area contributed by atoms with Crippen molar-refractivity contribution in [3.63, 3.8) is 0 Å². The number of hydrogen-bond donors (Lipinski definition) is 2. The minimum absolute atomic E-state index is 0.0448. The number of likely N-dealkylation sites (N-methyl/N-ethyl adjacent to an activating group) is 1. The largest absolute Gasteiger partial charge is 0.490 e. The van der Waals surface area contributed by atoms with Gasteiger partial charge in [0.05, 0.1) is 23.5 Å². The molecule has 182 valence electrons. The zero-order chi connectivity index (χ0) is 24.7. The smallest absolute Gasteiger partial charge is 0.262 e. The molecule has 0 bridgehead atoms. The van der Waals surface area contributed by atoms with E-state index >= 15 is 0 Å². The first-order chi connectivity index (χ1) is 16.7. The molecule has 3 heterocycles. The number of nitrogens with one attached hydrogen (secondary N) is 2. The molecule has 1 amide bonds. The zero-order valence-electron chi connectivity index (χ0n) is 19.1. The van der Waals surface area contributed by atoms with E-state index in [-0.39, 0.29) is 35.4 Å². The van der Waals surface area contributed by atoms with E-state index in [0.717, 1.165) is 23.5 Å². The minimum Gasteiger partial charge on any atom is -0.490 e. The van der Waals surface area contributed by atoms with E-state index in [1.165, 1.54) is 6.07 Å². The van der Waals surface area contributed by atoms with Crippen LogP contribution in [0.15, 0.2) is 47.4 Å². The van der Waals surface area contributed by atoms with Crippen molar-refractivity contribution in [2.75, 3.05) is 35.1 Å². The summed E-state index contributed by atoms with van der Waals surface area (Å²) in [7, 11) is -2.02. The Morgan fingerprint density at radius 1 is 1.26 bits per heavy atom. The summed E-state index contributed by atoms with van der Waals surface area (Å²) in [6.07, 6.45) is 0.102. The molecule has 9 nitrogen and oxygen atoms in total. The molecule has 5 rings (SSSR count). The van der Waals surface area contributed by atoms with E-state index in [1.807, 2.05) is 25.2 Å². The predicted octanol–water partition coefficient (Wildman–Crippen LogP) is 3.75. The van der Waals surface area contributed by atoms with Crippen LogP contribution in [-0.4, -0.2) is 39.5 Å². The fourth-order valence-corrected chi connectivity index (χ4v) is 5.58. The maximum absolute atomic E-state index is 13.2. The number of fused-ring (bicyclic) bond motifs is 2. The van der Waals surface area contributed by atoms with Crippen LogP contribution in [0.25, 0.3) is 0 Å². The lowest BCUT2D eigenvalue weighted by Crippen LogP contribution is -2.28. The first kappa shape index (κ1) is 23.3. The summed E-state index contributed by atoms with van der Waals surface area (Å²) >= 11 is 6.14. The van der Waals surface area contributed by atoms with Gasteiger partial charge in [-0.1, -0.05) is 23.7 Å². The number of halogens is 1. The highest BCUT2D eigenvalue weighted by molar-refractivity contribution is 7.92. The fourth-order valence-electron chi connectivity index (χ4n) is 4.03. The van der Waals surface area contributed by atoms with Gasteiger partial charge in [0.25, 0.3) is 10.0 Å². The second-order valence-electron chi connectivity index (χ2n) is 8.40. The SMILES string of the molecule is Cc1c(Cl)cccc1S(=O)(=O)Nc1cc2c(nc1OCc1ccc3c(c1)N(C)CCO3)NC(=O)C2. The molecule has 0 unspecified atom stereocenters. The van der Waals surface area contributed by atoms with E-state index in [4.69, 9.17) is 21.1 Å². The number of benzene rings is 2. The highest BCUT2D eigenvalue weighted by atomic mass is 35.5. The number of ether oxygens (including phenoxy) is 2. The third kappa shape index (κ3) is 4.59. The molecule has 0 saturated heterocycles. The number of aromatic nitrogens is 1. The van der Waals surface area contributed by atoms with E-state index in [2.05, 4.69) is 19.9 Å². The van der Waals surface area contributed by atoms with E-state index in [0.29, 0.717) is 28.6 Å². The van der Waals surface area contributed by atoms with Gasteiger partial charge in [0.15, 0.2) is 0 Å². The van der Waals surface area contributed by atoms with Crippen molar-refractivity contribution in [2.45, 2.75) is 24.8 Å². The highest BCUT2D eigenvalue weighted by Gasteiger charge is 2.26. The summed E-state index contributed by atoms with van der Waals surface area (Å²) < 4.78 is 40.6. The van der Waals surface area contributed by atoms with Crippen LogP contribution in [0.2, 0.25) is 5.02 Å². The topological polar surface area (TPSA) is 110 Å². The number of carbonyl (C=O) groups excluding carboxylic acids is 1. The predicted molar refractivity (Wildman–Crippen MR) is 133 cm³/mol. The third-order valence-electron chi connectivity index (χ3n) is 5.92. The molecule has 2 aromatic carbocycles. The molecule has 11 heteroatoms. The summed E-state index contributed by atoms with van der Waals surface area (Å²) in [5, 5.41) is 3.01. The second kappa shape index (κ2) is 8.94. The molecular formula is C24H23ClN4O5S. The standard InChI is InChI=1S/C24H23ClN4O5S/c1-14-17(25)4-3-5-21(14)35(31,32)28-18-11-16-12-22(30)26-23(16)27-24(18)34-13-15-6-7-20-19(10-15)29(2)8-9-33-20/h3-7,10-11,28H,8-9,12-13H2,1-2H3,(H,26,27,30). The van der Waals surface area contributed by atoms with Gasteiger partial charge in [-0.3, -0.25) is 9.52 Å². The van der Waals surface area contributed by atoms with Gasteiger partial charge < -0.3 is 19.7 Å². The van der Waals surface area contributed by atoms with Gasteiger partial charge in [-0.05, 0) is 48.4 Å². The summed E-state index contributed by atoms with van der Waals surface area (Å²) in [4.78, 5) is 18.4. The maximum atomic E-state index is 13.2. The maximum Gasteiger partial charge on any atom is 0.262 e. The number of amides is 1. The normalized spacial score (nSPS) is 14.6. The van der Waals surface area contributed by atoms with Crippen LogP contribution >= 0.6 is 11.6 Å². The Bertz CT molecular complexity index is 1440. The zero-order valence-corrected chi connectivity index (χ0v) is 20.7. The molecule has 0 fully saturated rings. The molecule has 0 saturated carbocycles. The van der Waals surface area contributed by atoms with Gasteiger partial charge in [0.2, 0.25) is 11.8 Å². The quantitative estimate of drug-likeness (QED) is 0.515. The second-order valence-corrected chi connectivity index (χ2v) is 10.5. The van der Waals surface area contributed by atoms with Crippen LogP contribution in [0, 0.1) is 6.92 Å². The molecule has 0 radical (unpaired) electrons. The molecule has 2 aliphatic rings. The van der Waals surface area contributed by atoms with Gasteiger partial charge in [-0.15, -0.1) is 0 Å². The van der Waals surface area contributed by atoms with Crippen molar-refractivity contribution in [3.05, 3.63) is 64.2 Å². The van der Waals surface area contributed by atoms with Gasteiger partial charge in [-0.2, -0.15) is 4.98 Å². The lowest BCUT2D eigenvalue weighted by molar-refractivity contribution is -0.115. The van der Waals surface area contributed by atoms with Crippen LogP contribution < -0.4 is 24.4 Å². The Hall–Kier alpha value is -3.50. The van der Waals surface area contributed by atoms with E-state index in [9.17, 15) is 13.2 Å². The molecule has 3 aromatic rings. The highest BCUT2D eigenvalue weighted by Crippen LogP contribution is 2.35. The average Bonchev–Trinajstić information content (AvgIpc) is 3.18. The molecule has 1 aromatic heterocycles. The number of pyridine rings is 1. The van der Waals surface area contributed by atoms with E-state index < -0.39 is 10.0 Å². The molecule has 0 atom stereocenters. The molecule has 0 aliphatic carbocycles. The van der Waals surface area contributed by atoms with Crippen LogP contribution in [0.5, 0.6) is 11.6 Å². The Labute approximate surface area is 208 Å². The molecule has 35 heavy (non-hydrogen) atoms. The number of nitrogens with zero attached hydrogens (tertiary/aromatic N) is 2. The first-order valence-corrected chi connectivity index (χ1v) is 12.8. The van der Waals surface area contributed by atoms with Gasteiger partial charge in [0, 0.05) is 17.6 Å². The monoisotopic (exact) mass is 514 g/mol. The van der Waals surface area contributed by atoms with Gasteiger partial charge in [0.1, 0.15) is 30.5 Å². The summed E-state index contributed by atoms with van der Waals surface area (Å²) in [6.45, 7) is 3.17. The molecule has 2 aliphatic heterocycles. The van der Waals surface area contributed by atoms with E-state index in [1.54, 1.807) is 25.1 Å². The Morgan fingerprint density at radius 2 is 2.09 bits per heavy atom. The van der Waals surface area contributed by atoms with Crippen molar-refractivity contribution in [1.29, 1.82) is 0 Å². The summed E-state index contributed by atoms with van der Waals surface area (Å²) in [5.41, 5.74) is 2.94. The number of anilines is 3. The number of sulfonamides is 1. The number of carbonyl (C=O) groups is 1. The van der Waals surface area contributed by atoms with Crippen LogP contribution in [0.1, 0.15) is 16.7 Å². The number of hydrogen-bond acceptors (Lipinski definition) is 7. The van der Waals surface area contributed by atoms with Crippen molar-refractivity contribution in [1.82, 2.24) is 4.98 Å². The van der Waals surface area contributed by atoms with Crippen LogP contribution in [0.4, 0.5) is 17.2 Å². The van der Waals surface area contributed by atoms with Crippen molar-refractivity contribution in [2.24, 2.45) is 0 Å². The fraction of sp³-hybridized carbons (Fsp3) is 0.250. The Morgan fingerprint density at radius 3 is 2.91 bits per heavy atom. The Balaban J connectivity index is 1.46. The molecule has 2 N–H and O–H groups in total. The molecular weight excluding hydrogens is 492 g/mol.